The normalized spacial score (nSPS) is 12.0. The van der Waals surface area contributed by atoms with E-state index in [1.54, 1.807) is 10.9 Å². The zero-order chi connectivity index (χ0) is 29.0. The van der Waals surface area contributed by atoms with Crippen molar-refractivity contribution in [2.24, 2.45) is 0 Å². The summed E-state index contributed by atoms with van der Waals surface area (Å²) < 4.78 is 2.71. The van der Waals surface area contributed by atoms with Crippen molar-refractivity contribution in [3.8, 4) is 16.9 Å². The van der Waals surface area contributed by atoms with Gasteiger partial charge in [0.05, 0.1) is 5.69 Å². The molecule has 0 aliphatic heterocycles. The molecule has 5 rings (SSSR count). The van der Waals surface area contributed by atoms with Gasteiger partial charge in [-0.3, -0.25) is 0 Å². The highest BCUT2D eigenvalue weighted by atomic mass is 28.3. The molecule has 1 aromatic heterocycles. The second-order valence-corrected chi connectivity index (χ2v) is 17.1. The van der Waals surface area contributed by atoms with Gasteiger partial charge in [-0.2, -0.15) is 0 Å². The van der Waals surface area contributed by atoms with Gasteiger partial charge in [-0.1, -0.05) is 156 Å². The van der Waals surface area contributed by atoms with Crippen LogP contribution in [-0.2, 0) is 12.8 Å². The molecule has 4 aromatic carbocycles. The summed E-state index contributed by atoms with van der Waals surface area (Å²) in [7, 11) is -2.65. The number of aryl methyl sites for hydroxylation is 1. The molecule has 2 heteroatoms. The lowest BCUT2D eigenvalue weighted by Crippen LogP contribution is -2.74. The number of rotatable bonds is 9. The number of nitrogens with zero attached hydrogens (tertiary/aromatic N) is 1. The second kappa shape index (κ2) is 12.1. The summed E-state index contributed by atoms with van der Waals surface area (Å²) in [5.74, 6) is 0. The van der Waals surface area contributed by atoms with Crippen LogP contribution in [0.5, 0.6) is 0 Å². The Hall–Kier alpha value is -3.62. The highest BCUT2D eigenvalue weighted by molar-refractivity contribution is 7.13. The molecule has 0 saturated heterocycles. The first kappa shape index (κ1) is 28.9. The van der Waals surface area contributed by atoms with Crippen LogP contribution < -0.4 is 15.7 Å². The fraction of sp³-hybridized carbons (Fsp3) is 0.282. The number of aromatic nitrogens is 1. The summed E-state index contributed by atoms with van der Waals surface area (Å²) >= 11 is 0. The number of para-hydroxylation sites is 1. The maximum Gasteiger partial charge on any atom is 0.174 e. The fourth-order valence-electron chi connectivity index (χ4n) is 6.99. The summed E-state index contributed by atoms with van der Waals surface area (Å²) in [6.07, 6.45) is 4.39. The van der Waals surface area contributed by atoms with Crippen LogP contribution in [0.4, 0.5) is 0 Å². The predicted molar refractivity (Wildman–Crippen MR) is 181 cm³/mol. The van der Waals surface area contributed by atoms with Gasteiger partial charge in [0.2, 0.25) is 0 Å². The zero-order valence-electron chi connectivity index (χ0n) is 25.7. The standard InChI is InChI=1S/C39H45NSi/c1-7-18-35-36(19-8-2)38(40(32-20-12-9-13-21-32)37(35)31-28-26-30(3)27-29-31)41(39(4,5)6,33-22-14-10-15-23-33)34-24-16-11-17-25-34/h9-17,20-29H,7-8,18-19H2,1-6H3. The molecule has 0 unspecified atom stereocenters. The molecule has 0 bridgehead atoms. The summed E-state index contributed by atoms with van der Waals surface area (Å²) in [5.41, 5.74) is 8.34. The van der Waals surface area contributed by atoms with E-state index in [2.05, 4.69) is 161 Å². The van der Waals surface area contributed by atoms with Crippen molar-refractivity contribution in [2.45, 2.75) is 72.3 Å². The number of hydrogen-bond donors (Lipinski definition) is 0. The van der Waals surface area contributed by atoms with E-state index < -0.39 is 8.07 Å². The van der Waals surface area contributed by atoms with Crippen LogP contribution in [0.25, 0.3) is 16.9 Å². The minimum absolute atomic E-state index is 0.00286. The highest BCUT2D eigenvalue weighted by Gasteiger charge is 2.53. The van der Waals surface area contributed by atoms with Crippen molar-refractivity contribution in [2.75, 3.05) is 0 Å². The van der Waals surface area contributed by atoms with Crippen LogP contribution in [0.15, 0.2) is 115 Å². The molecule has 0 radical (unpaired) electrons. The van der Waals surface area contributed by atoms with Gasteiger partial charge in [-0.15, -0.1) is 0 Å². The first-order chi connectivity index (χ1) is 19.8. The largest absolute Gasteiger partial charge is 0.316 e. The molecule has 5 aromatic rings. The van der Waals surface area contributed by atoms with Gasteiger partial charge in [-0.25, -0.2) is 0 Å². The smallest absolute Gasteiger partial charge is 0.174 e. The quantitative estimate of drug-likeness (QED) is 0.160. The van der Waals surface area contributed by atoms with Crippen LogP contribution in [0.1, 0.15) is 64.2 Å². The van der Waals surface area contributed by atoms with E-state index >= 15 is 0 Å². The van der Waals surface area contributed by atoms with Crippen LogP contribution in [-0.4, -0.2) is 12.6 Å². The van der Waals surface area contributed by atoms with Crippen LogP contribution in [0.3, 0.4) is 0 Å². The molecule has 0 spiro atoms. The van der Waals surface area contributed by atoms with Gasteiger partial charge in [0.1, 0.15) is 0 Å². The third-order valence-electron chi connectivity index (χ3n) is 8.62. The molecule has 0 N–H and O–H groups in total. The van der Waals surface area contributed by atoms with Crippen molar-refractivity contribution in [1.29, 1.82) is 0 Å². The monoisotopic (exact) mass is 555 g/mol. The van der Waals surface area contributed by atoms with E-state index in [0.717, 1.165) is 25.7 Å². The highest BCUT2D eigenvalue weighted by Crippen LogP contribution is 2.41. The van der Waals surface area contributed by atoms with E-state index in [0.29, 0.717) is 0 Å². The van der Waals surface area contributed by atoms with E-state index in [-0.39, 0.29) is 5.04 Å². The Morgan fingerprint density at radius 2 is 1.05 bits per heavy atom. The van der Waals surface area contributed by atoms with Gasteiger partial charge >= 0.3 is 0 Å². The Morgan fingerprint density at radius 1 is 0.585 bits per heavy atom. The topological polar surface area (TPSA) is 4.93 Å². The third kappa shape index (κ3) is 5.15. The molecular formula is C39H45NSi. The van der Waals surface area contributed by atoms with Crippen molar-refractivity contribution in [3.63, 3.8) is 0 Å². The number of hydrogen-bond acceptors (Lipinski definition) is 0. The van der Waals surface area contributed by atoms with E-state index in [4.69, 9.17) is 0 Å². The Kier molecular flexibility index (Phi) is 8.52. The maximum absolute atomic E-state index is 2.71. The molecular weight excluding hydrogens is 511 g/mol. The third-order valence-corrected chi connectivity index (χ3v) is 14.5. The van der Waals surface area contributed by atoms with Gasteiger partial charge < -0.3 is 4.57 Å². The molecule has 1 nitrogen and oxygen atoms in total. The summed E-state index contributed by atoms with van der Waals surface area (Å²) in [5, 5.41) is 4.50. The molecule has 0 fully saturated rings. The van der Waals surface area contributed by atoms with Crippen molar-refractivity contribution < 1.29 is 0 Å². The predicted octanol–water partition coefficient (Wildman–Crippen LogP) is 8.63. The van der Waals surface area contributed by atoms with Crippen LogP contribution >= 0.6 is 0 Å². The van der Waals surface area contributed by atoms with E-state index in [9.17, 15) is 0 Å². The molecule has 0 atom stereocenters. The molecule has 210 valence electrons. The Labute approximate surface area is 248 Å². The average molecular weight is 556 g/mol. The second-order valence-electron chi connectivity index (χ2n) is 12.4. The average Bonchev–Trinajstić information content (AvgIpc) is 3.29. The molecule has 1 heterocycles. The van der Waals surface area contributed by atoms with Gasteiger partial charge in [0.25, 0.3) is 0 Å². The van der Waals surface area contributed by atoms with Crippen LogP contribution in [0.2, 0.25) is 5.04 Å². The van der Waals surface area contributed by atoms with Gasteiger partial charge in [-0.05, 0) is 64.0 Å². The lowest BCUT2D eigenvalue weighted by Gasteiger charge is -2.45. The van der Waals surface area contributed by atoms with Gasteiger partial charge in [0, 0.05) is 11.0 Å². The molecule has 0 aliphatic carbocycles. The first-order valence-electron chi connectivity index (χ1n) is 15.3. The molecule has 41 heavy (non-hydrogen) atoms. The lowest BCUT2D eigenvalue weighted by molar-refractivity contribution is 0.736. The first-order valence-corrected chi connectivity index (χ1v) is 17.3. The summed E-state index contributed by atoms with van der Waals surface area (Å²) in [6.45, 7) is 14.3. The van der Waals surface area contributed by atoms with Crippen molar-refractivity contribution in [3.05, 3.63) is 132 Å². The molecule has 0 saturated carbocycles. The van der Waals surface area contributed by atoms with Crippen molar-refractivity contribution in [1.82, 2.24) is 4.57 Å². The summed E-state index contributed by atoms with van der Waals surface area (Å²) in [6, 6.07) is 43.3. The SMILES string of the molecule is CCCc1c(CCC)c([Si](c2ccccc2)(c2ccccc2)C(C)(C)C)n(-c2ccccc2)c1-c1ccc(C)cc1. The minimum atomic E-state index is -2.65. The zero-order valence-corrected chi connectivity index (χ0v) is 26.7. The Morgan fingerprint density at radius 3 is 1.51 bits per heavy atom. The summed E-state index contributed by atoms with van der Waals surface area (Å²) in [4.78, 5) is 0. The van der Waals surface area contributed by atoms with Gasteiger partial charge in [0.15, 0.2) is 8.07 Å². The fourth-order valence-corrected chi connectivity index (χ4v) is 13.0. The van der Waals surface area contributed by atoms with E-state index in [1.165, 1.54) is 38.4 Å². The van der Waals surface area contributed by atoms with Crippen molar-refractivity contribution >= 4 is 23.8 Å². The van der Waals surface area contributed by atoms with E-state index in [1.807, 2.05) is 0 Å². The Bertz CT molecular complexity index is 1520. The maximum atomic E-state index is 2.71. The molecule has 0 aliphatic rings. The number of benzene rings is 4. The Balaban J connectivity index is 2.08. The minimum Gasteiger partial charge on any atom is -0.316 e. The van der Waals surface area contributed by atoms with Crippen LogP contribution in [0, 0.1) is 6.92 Å². The molecule has 0 amide bonds. The lowest BCUT2D eigenvalue weighted by atomic mass is 9.98.